The number of aryl methyl sites for hydroxylation is 2. The van der Waals surface area contributed by atoms with Crippen LogP contribution in [0.3, 0.4) is 0 Å². The summed E-state index contributed by atoms with van der Waals surface area (Å²) in [6.07, 6.45) is 3.09. The molecule has 37 heavy (non-hydrogen) atoms. The van der Waals surface area contributed by atoms with Crippen LogP contribution in [0.2, 0.25) is 0 Å². The lowest BCUT2D eigenvalue weighted by molar-refractivity contribution is -0.119. The van der Waals surface area contributed by atoms with Crippen molar-refractivity contribution in [2.24, 2.45) is 5.10 Å². The van der Waals surface area contributed by atoms with E-state index in [4.69, 9.17) is 9.47 Å². The number of nitrogens with one attached hydrogen (secondary N) is 1. The van der Waals surface area contributed by atoms with Crippen LogP contribution in [0.25, 0.3) is 0 Å². The molecular weight excluding hydrogens is 490 g/mol. The summed E-state index contributed by atoms with van der Waals surface area (Å²) in [6.45, 7) is 9.57. The monoisotopic (exact) mass is 521 g/mol. The van der Waals surface area contributed by atoms with E-state index in [1.807, 2.05) is 32.9 Å². The summed E-state index contributed by atoms with van der Waals surface area (Å²) in [4.78, 5) is 12.9. The number of carbonyl (C=O) groups excluding carboxylic acids is 1. The van der Waals surface area contributed by atoms with E-state index in [1.165, 1.54) is 18.3 Å². The Morgan fingerprint density at radius 3 is 2.46 bits per heavy atom. The van der Waals surface area contributed by atoms with Gasteiger partial charge in [-0.05, 0) is 68.3 Å². The Morgan fingerprint density at radius 1 is 1.03 bits per heavy atom. The third-order valence-electron chi connectivity index (χ3n) is 5.27. The average Bonchev–Trinajstić information content (AvgIpc) is 2.88. The van der Waals surface area contributed by atoms with Gasteiger partial charge in [0.25, 0.3) is 15.9 Å². The molecule has 0 fully saturated rings. The van der Waals surface area contributed by atoms with E-state index in [0.29, 0.717) is 36.0 Å². The lowest BCUT2D eigenvalue weighted by atomic mass is 10.1. The smallest absolute Gasteiger partial charge is 0.264 e. The van der Waals surface area contributed by atoms with Crippen molar-refractivity contribution < 1.29 is 22.7 Å². The number of nitrogens with zero attached hydrogens (tertiary/aromatic N) is 2. The summed E-state index contributed by atoms with van der Waals surface area (Å²) in [7, 11) is -4.00. The largest absolute Gasteiger partial charge is 0.490 e. The second-order valence-corrected chi connectivity index (χ2v) is 10.0. The molecule has 0 aliphatic carbocycles. The third-order valence-corrected chi connectivity index (χ3v) is 7.04. The van der Waals surface area contributed by atoms with E-state index in [-0.39, 0.29) is 4.90 Å². The maximum atomic E-state index is 13.5. The van der Waals surface area contributed by atoms with Gasteiger partial charge in [-0.3, -0.25) is 9.10 Å². The second-order valence-electron chi connectivity index (χ2n) is 8.15. The van der Waals surface area contributed by atoms with Crippen LogP contribution >= 0.6 is 0 Å². The Balaban J connectivity index is 1.81. The molecular formula is C28H31N3O5S. The number of rotatable bonds is 12. The van der Waals surface area contributed by atoms with Crippen molar-refractivity contribution in [3.63, 3.8) is 0 Å². The van der Waals surface area contributed by atoms with Gasteiger partial charge in [-0.2, -0.15) is 5.10 Å². The SMILES string of the molecule is C=CCOc1ccc(/C=N\NC(=O)CN(c2ccc(C)cc2C)S(=O)(=O)c2ccccc2)cc1OCC. The van der Waals surface area contributed by atoms with Gasteiger partial charge in [0, 0.05) is 0 Å². The molecule has 3 rings (SSSR count). The Morgan fingerprint density at radius 2 is 1.78 bits per heavy atom. The third kappa shape index (κ3) is 7.20. The van der Waals surface area contributed by atoms with Crippen molar-refractivity contribution in [2.75, 3.05) is 24.1 Å². The molecule has 3 aromatic rings. The molecule has 3 aromatic carbocycles. The van der Waals surface area contributed by atoms with Crippen LogP contribution in [0.15, 0.2) is 89.4 Å². The lowest BCUT2D eigenvalue weighted by Crippen LogP contribution is -2.40. The first-order chi connectivity index (χ1) is 17.8. The number of amides is 1. The molecule has 0 spiro atoms. The minimum Gasteiger partial charge on any atom is -0.490 e. The zero-order valence-electron chi connectivity index (χ0n) is 21.2. The molecule has 0 aliphatic rings. The molecule has 0 unspecified atom stereocenters. The molecule has 1 amide bonds. The topological polar surface area (TPSA) is 97.3 Å². The van der Waals surface area contributed by atoms with Gasteiger partial charge in [-0.25, -0.2) is 13.8 Å². The molecule has 0 bridgehead atoms. The molecule has 0 saturated heterocycles. The maximum absolute atomic E-state index is 13.5. The average molecular weight is 522 g/mol. The van der Waals surface area contributed by atoms with E-state index in [9.17, 15) is 13.2 Å². The van der Waals surface area contributed by atoms with Gasteiger partial charge in [-0.15, -0.1) is 0 Å². The van der Waals surface area contributed by atoms with Gasteiger partial charge in [0.2, 0.25) is 0 Å². The molecule has 194 valence electrons. The fourth-order valence-corrected chi connectivity index (χ4v) is 5.10. The summed E-state index contributed by atoms with van der Waals surface area (Å²) in [5.41, 5.74) is 5.23. The highest BCUT2D eigenvalue weighted by Crippen LogP contribution is 2.29. The van der Waals surface area contributed by atoms with Crippen LogP contribution in [-0.4, -0.2) is 40.3 Å². The number of sulfonamides is 1. The van der Waals surface area contributed by atoms with Gasteiger partial charge in [0.15, 0.2) is 11.5 Å². The maximum Gasteiger partial charge on any atom is 0.264 e. The molecule has 0 radical (unpaired) electrons. The fourth-order valence-electron chi connectivity index (χ4n) is 3.59. The van der Waals surface area contributed by atoms with Crippen molar-refractivity contribution in [1.82, 2.24) is 5.43 Å². The number of anilines is 1. The normalized spacial score (nSPS) is 11.2. The molecule has 1 N–H and O–H groups in total. The van der Waals surface area contributed by atoms with Crippen LogP contribution < -0.4 is 19.2 Å². The van der Waals surface area contributed by atoms with E-state index in [0.717, 1.165) is 15.4 Å². The van der Waals surface area contributed by atoms with Crippen LogP contribution in [0.4, 0.5) is 5.69 Å². The van der Waals surface area contributed by atoms with Crippen molar-refractivity contribution in [2.45, 2.75) is 25.7 Å². The summed E-state index contributed by atoms with van der Waals surface area (Å²) < 4.78 is 39.3. The Kier molecular flexibility index (Phi) is 9.45. The molecule has 0 heterocycles. The number of hydrazone groups is 1. The standard InChI is InChI=1S/C28H31N3O5S/c1-5-16-36-26-15-13-23(18-27(26)35-6-2)19-29-30-28(32)20-31(25-14-12-21(3)17-22(25)4)37(33,34)24-10-8-7-9-11-24/h5,7-15,17-19H,1,6,16,20H2,2-4H3,(H,30,32)/b29-19-. The zero-order chi connectivity index (χ0) is 26.8. The second kappa shape index (κ2) is 12.7. The molecule has 0 aromatic heterocycles. The van der Waals surface area contributed by atoms with Crippen LogP contribution in [0.1, 0.15) is 23.6 Å². The molecule has 0 saturated carbocycles. The fraction of sp³-hybridized carbons (Fsp3) is 0.214. The Bertz CT molecular complexity index is 1370. The van der Waals surface area contributed by atoms with Gasteiger partial charge >= 0.3 is 0 Å². The summed E-state index contributed by atoms with van der Waals surface area (Å²) in [6, 6.07) is 18.6. The minimum atomic E-state index is -4.00. The van der Waals surface area contributed by atoms with Crippen molar-refractivity contribution in [3.8, 4) is 11.5 Å². The zero-order valence-corrected chi connectivity index (χ0v) is 22.0. The van der Waals surface area contributed by atoms with Crippen LogP contribution in [-0.2, 0) is 14.8 Å². The van der Waals surface area contributed by atoms with E-state index in [2.05, 4.69) is 17.1 Å². The molecule has 0 aliphatic heterocycles. The van der Waals surface area contributed by atoms with Gasteiger partial charge in [-0.1, -0.05) is 48.6 Å². The van der Waals surface area contributed by atoms with Gasteiger partial charge < -0.3 is 9.47 Å². The molecule has 0 atom stereocenters. The highest BCUT2D eigenvalue weighted by Gasteiger charge is 2.28. The molecule has 9 heteroatoms. The van der Waals surface area contributed by atoms with Crippen molar-refractivity contribution in [1.29, 1.82) is 0 Å². The summed E-state index contributed by atoms with van der Waals surface area (Å²) in [5, 5.41) is 4.01. The van der Waals surface area contributed by atoms with E-state index in [1.54, 1.807) is 48.5 Å². The predicted octanol–water partition coefficient (Wildman–Crippen LogP) is 4.61. The quantitative estimate of drug-likeness (QED) is 0.213. The number of hydrogen-bond acceptors (Lipinski definition) is 6. The summed E-state index contributed by atoms with van der Waals surface area (Å²) in [5.74, 6) is 0.513. The molecule has 8 nitrogen and oxygen atoms in total. The lowest BCUT2D eigenvalue weighted by Gasteiger charge is -2.25. The number of hydrogen-bond donors (Lipinski definition) is 1. The van der Waals surface area contributed by atoms with Crippen LogP contribution in [0.5, 0.6) is 11.5 Å². The van der Waals surface area contributed by atoms with Crippen molar-refractivity contribution in [3.05, 3.63) is 96.1 Å². The number of benzene rings is 3. The van der Waals surface area contributed by atoms with E-state index >= 15 is 0 Å². The number of carbonyl (C=O) groups is 1. The highest BCUT2D eigenvalue weighted by molar-refractivity contribution is 7.92. The first-order valence-corrected chi connectivity index (χ1v) is 13.2. The Hall–Kier alpha value is -4.11. The Labute approximate surface area is 218 Å². The van der Waals surface area contributed by atoms with Crippen molar-refractivity contribution >= 4 is 27.8 Å². The first-order valence-electron chi connectivity index (χ1n) is 11.7. The van der Waals surface area contributed by atoms with Gasteiger partial charge in [0.05, 0.1) is 23.4 Å². The minimum absolute atomic E-state index is 0.0912. The summed E-state index contributed by atoms with van der Waals surface area (Å²) >= 11 is 0. The number of ether oxygens (including phenoxy) is 2. The highest BCUT2D eigenvalue weighted by atomic mass is 32.2. The van der Waals surface area contributed by atoms with Crippen LogP contribution in [0, 0.1) is 13.8 Å². The van der Waals surface area contributed by atoms with Gasteiger partial charge in [0.1, 0.15) is 13.2 Å². The predicted molar refractivity (Wildman–Crippen MR) is 146 cm³/mol. The van der Waals surface area contributed by atoms with E-state index < -0.39 is 22.5 Å². The first kappa shape index (κ1) is 27.5.